The number of anilines is 1. The average molecular weight is 452 g/mol. The van der Waals surface area contributed by atoms with Crippen molar-refractivity contribution in [2.75, 3.05) is 5.32 Å². The number of carbonyl (C=O) groups excluding carboxylic acids is 1. The van der Waals surface area contributed by atoms with E-state index in [9.17, 15) is 13.6 Å². The second-order valence-electron chi connectivity index (χ2n) is 7.60. The summed E-state index contributed by atoms with van der Waals surface area (Å²) in [6, 6.07) is 11.9. The normalized spacial score (nSPS) is 10.9. The molecule has 0 unspecified atom stereocenters. The van der Waals surface area contributed by atoms with Crippen molar-refractivity contribution in [1.29, 1.82) is 0 Å². The molecule has 0 aliphatic rings. The van der Waals surface area contributed by atoms with Gasteiger partial charge in [-0.1, -0.05) is 23.4 Å². The van der Waals surface area contributed by atoms with Crippen molar-refractivity contribution >= 4 is 11.6 Å². The van der Waals surface area contributed by atoms with Crippen LogP contribution in [-0.2, 0) is 13.2 Å². The Labute approximate surface area is 189 Å². The minimum Gasteiger partial charge on any atom is -0.489 e. The molecule has 0 radical (unpaired) electrons. The van der Waals surface area contributed by atoms with Crippen LogP contribution in [0.3, 0.4) is 0 Å². The zero-order chi connectivity index (χ0) is 23.5. The maximum Gasteiger partial charge on any atom is 0.278 e. The highest BCUT2D eigenvalue weighted by Crippen LogP contribution is 2.24. The molecule has 33 heavy (non-hydrogen) atoms. The first kappa shape index (κ1) is 22.2. The summed E-state index contributed by atoms with van der Waals surface area (Å²) < 4.78 is 39.1. The van der Waals surface area contributed by atoms with Crippen molar-refractivity contribution in [1.82, 2.24) is 14.9 Å². The standard InChI is InChI=1S/C24H22F2N4O3/c1-14-22(15(2)30(28-14)12-17-7-9-18(25)10-8-17)27-24(31)23-21(16(3)33-29-23)13-32-20-6-4-5-19(26)11-20/h4-11H,12-13H2,1-3H3,(H,27,31). The van der Waals surface area contributed by atoms with E-state index in [2.05, 4.69) is 15.6 Å². The Morgan fingerprint density at radius 2 is 1.85 bits per heavy atom. The number of aryl methyl sites for hydroxylation is 2. The van der Waals surface area contributed by atoms with Gasteiger partial charge in [0.25, 0.3) is 5.91 Å². The Morgan fingerprint density at radius 1 is 1.09 bits per heavy atom. The highest BCUT2D eigenvalue weighted by Gasteiger charge is 2.23. The van der Waals surface area contributed by atoms with Crippen LogP contribution < -0.4 is 10.1 Å². The van der Waals surface area contributed by atoms with Crippen LogP contribution in [0.4, 0.5) is 14.5 Å². The van der Waals surface area contributed by atoms with E-state index in [1.165, 1.54) is 30.3 Å². The fourth-order valence-corrected chi connectivity index (χ4v) is 3.42. The lowest BCUT2D eigenvalue weighted by Gasteiger charge is -2.08. The van der Waals surface area contributed by atoms with Gasteiger partial charge in [-0.25, -0.2) is 8.78 Å². The van der Waals surface area contributed by atoms with Crippen LogP contribution >= 0.6 is 0 Å². The number of ether oxygens (including phenoxy) is 1. The third-order valence-corrected chi connectivity index (χ3v) is 5.24. The molecule has 2 aromatic heterocycles. The number of nitrogens with zero attached hydrogens (tertiary/aromatic N) is 3. The minimum atomic E-state index is -0.475. The van der Waals surface area contributed by atoms with Crippen LogP contribution in [0.5, 0.6) is 5.75 Å². The molecule has 0 atom stereocenters. The van der Waals surface area contributed by atoms with Gasteiger partial charge in [0.15, 0.2) is 5.69 Å². The van der Waals surface area contributed by atoms with Crippen LogP contribution in [0, 0.1) is 32.4 Å². The molecule has 1 N–H and O–H groups in total. The first-order valence-electron chi connectivity index (χ1n) is 10.2. The van der Waals surface area contributed by atoms with Crippen LogP contribution in [0.1, 0.15) is 38.8 Å². The second kappa shape index (κ2) is 9.23. The Kier molecular flexibility index (Phi) is 6.21. The third-order valence-electron chi connectivity index (χ3n) is 5.24. The molecule has 170 valence electrons. The van der Waals surface area contributed by atoms with Crippen molar-refractivity contribution in [3.8, 4) is 5.75 Å². The molecule has 1 amide bonds. The lowest BCUT2D eigenvalue weighted by atomic mass is 10.2. The van der Waals surface area contributed by atoms with Crippen molar-refractivity contribution in [3.05, 3.63) is 94.1 Å². The van der Waals surface area contributed by atoms with E-state index in [0.29, 0.717) is 35.0 Å². The van der Waals surface area contributed by atoms with Gasteiger partial charge in [0.05, 0.1) is 29.2 Å². The number of rotatable bonds is 7. The smallest absolute Gasteiger partial charge is 0.278 e. The number of carbonyl (C=O) groups is 1. The van der Waals surface area contributed by atoms with E-state index in [0.717, 1.165) is 11.3 Å². The van der Waals surface area contributed by atoms with E-state index in [1.807, 2.05) is 6.92 Å². The molecule has 0 fully saturated rings. The highest BCUT2D eigenvalue weighted by atomic mass is 19.1. The molecule has 0 aliphatic heterocycles. The van der Waals surface area contributed by atoms with E-state index < -0.39 is 11.7 Å². The molecule has 4 aromatic rings. The Balaban J connectivity index is 1.51. The molecule has 2 aromatic carbocycles. The maximum atomic E-state index is 13.4. The largest absolute Gasteiger partial charge is 0.489 e. The van der Waals surface area contributed by atoms with E-state index >= 15 is 0 Å². The zero-order valence-electron chi connectivity index (χ0n) is 18.4. The summed E-state index contributed by atoms with van der Waals surface area (Å²) in [5.41, 5.74) is 3.34. The number of halogens is 2. The van der Waals surface area contributed by atoms with Gasteiger partial charge in [0, 0.05) is 6.07 Å². The molecule has 9 heteroatoms. The summed E-state index contributed by atoms with van der Waals surface area (Å²) in [5, 5.41) is 11.2. The molecule has 7 nitrogen and oxygen atoms in total. The molecule has 2 heterocycles. The molecule has 4 rings (SSSR count). The summed E-state index contributed by atoms with van der Waals surface area (Å²) >= 11 is 0. The van der Waals surface area contributed by atoms with Crippen molar-refractivity contribution in [2.45, 2.75) is 33.9 Å². The zero-order valence-corrected chi connectivity index (χ0v) is 18.4. The van der Waals surface area contributed by atoms with Crippen LogP contribution in [0.25, 0.3) is 0 Å². The highest BCUT2D eigenvalue weighted by molar-refractivity contribution is 6.04. The Morgan fingerprint density at radius 3 is 2.58 bits per heavy atom. The first-order valence-corrected chi connectivity index (χ1v) is 10.2. The second-order valence-corrected chi connectivity index (χ2v) is 7.60. The van der Waals surface area contributed by atoms with Gasteiger partial charge in [-0.15, -0.1) is 0 Å². The molecular formula is C24H22F2N4O3. The van der Waals surface area contributed by atoms with Crippen molar-refractivity contribution < 1.29 is 22.8 Å². The average Bonchev–Trinajstić information content (AvgIpc) is 3.28. The third kappa shape index (κ3) is 4.92. The van der Waals surface area contributed by atoms with Crippen LogP contribution in [-0.4, -0.2) is 20.8 Å². The van der Waals surface area contributed by atoms with Gasteiger partial charge in [-0.05, 0) is 50.6 Å². The maximum absolute atomic E-state index is 13.4. The Bertz CT molecular complexity index is 1300. The fraction of sp³-hybridized carbons (Fsp3) is 0.208. The molecule has 0 bridgehead atoms. The molecule has 0 spiro atoms. The van der Waals surface area contributed by atoms with Gasteiger partial charge in [-0.3, -0.25) is 9.48 Å². The van der Waals surface area contributed by atoms with Crippen LogP contribution in [0.15, 0.2) is 53.1 Å². The van der Waals surface area contributed by atoms with E-state index in [-0.39, 0.29) is 18.1 Å². The number of nitrogens with one attached hydrogen (secondary N) is 1. The lowest BCUT2D eigenvalue weighted by Crippen LogP contribution is -2.16. The van der Waals surface area contributed by atoms with Gasteiger partial charge in [-0.2, -0.15) is 5.10 Å². The number of hydrogen-bond acceptors (Lipinski definition) is 5. The summed E-state index contributed by atoms with van der Waals surface area (Å²) in [6.45, 7) is 5.71. The molecule has 0 saturated heterocycles. The SMILES string of the molecule is Cc1nn(Cc2ccc(F)cc2)c(C)c1NC(=O)c1noc(C)c1COc1cccc(F)c1. The molecule has 0 aliphatic carbocycles. The van der Waals surface area contributed by atoms with Crippen LogP contribution in [0.2, 0.25) is 0 Å². The molecular weight excluding hydrogens is 430 g/mol. The lowest BCUT2D eigenvalue weighted by molar-refractivity contribution is 0.101. The van der Waals surface area contributed by atoms with Crippen molar-refractivity contribution in [3.63, 3.8) is 0 Å². The summed E-state index contributed by atoms with van der Waals surface area (Å²) in [7, 11) is 0. The summed E-state index contributed by atoms with van der Waals surface area (Å²) in [6.07, 6.45) is 0. The Hall–Kier alpha value is -4.01. The van der Waals surface area contributed by atoms with Gasteiger partial charge < -0.3 is 14.6 Å². The topological polar surface area (TPSA) is 82.2 Å². The monoisotopic (exact) mass is 452 g/mol. The van der Waals surface area contributed by atoms with Gasteiger partial charge in [0.1, 0.15) is 29.8 Å². The van der Waals surface area contributed by atoms with Gasteiger partial charge in [0.2, 0.25) is 0 Å². The fourth-order valence-electron chi connectivity index (χ4n) is 3.42. The number of aromatic nitrogens is 3. The molecule has 0 saturated carbocycles. The first-order chi connectivity index (χ1) is 15.8. The quantitative estimate of drug-likeness (QED) is 0.429. The number of amides is 1. The van der Waals surface area contributed by atoms with Crippen molar-refractivity contribution in [2.24, 2.45) is 0 Å². The van der Waals surface area contributed by atoms with E-state index in [4.69, 9.17) is 9.26 Å². The number of hydrogen-bond donors (Lipinski definition) is 1. The summed E-state index contributed by atoms with van der Waals surface area (Å²) in [4.78, 5) is 13.0. The summed E-state index contributed by atoms with van der Waals surface area (Å²) in [5.74, 6) is -0.443. The predicted octanol–water partition coefficient (Wildman–Crippen LogP) is 4.95. The minimum absolute atomic E-state index is 0.0106. The number of benzene rings is 2. The van der Waals surface area contributed by atoms with Gasteiger partial charge >= 0.3 is 0 Å². The van der Waals surface area contributed by atoms with E-state index in [1.54, 1.807) is 36.7 Å². The predicted molar refractivity (Wildman–Crippen MR) is 117 cm³/mol.